The molecule has 4 rings (SSSR count). The molecule has 0 spiro atoms. The Morgan fingerprint density at radius 3 is 2.77 bits per heavy atom. The van der Waals surface area contributed by atoms with E-state index in [2.05, 4.69) is 44.8 Å². The first-order valence-electron chi connectivity index (χ1n) is 10.7. The lowest BCUT2D eigenvalue weighted by Gasteiger charge is -2.26. The number of amides is 1. The number of carbonyl (C=O) groups excluding carboxylic acids is 1. The molecule has 1 amide bonds. The second-order valence-electron chi connectivity index (χ2n) is 7.71. The number of benzene rings is 2. The Morgan fingerprint density at radius 2 is 1.87 bits per heavy atom. The molecule has 1 saturated heterocycles. The van der Waals surface area contributed by atoms with Gasteiger partial charge in [0.05, 0.1) is 26.0 Å². The number of nitrogens with one attached hydrogen (secondary N) is 1. The highest BCUT2D eigenvalue weighted by molar-refractivity contribution is 5.91. The van der Waals surface area contributed by atoms with Crippen LogP contribution in [0.4, 0.5) is 0 Å². The van der Waals surface area contributed by atoms with Gasteiger partial charge in [-0.05, 0) is 35.7 Å². The van der Waals surface area contributed by atoms with Gasteiger partial charge < -0.3 is 10.1 Å². The molecule has 2 aromatic carbocycles. The van der Waals surface area contributed by atoms with E-state index in [0.29, 0.717) is 18.8 Å². The lowest BCUT2D eigenvalue weighted by atomic mass is 10.0. The molecule has 0 aliphatic carbocycles. The van der Waals surface area contributed by atoms with Crippen LogP contribution in [0, 0.1) is 0 Å². The second kappa shape index (κ2) is 10.3. The molecule has 0 unspecified atom stereocenters. The first kappa shape index (κ1) is 20.5. The van der Waals surface area contributed by atoms with Gasteiger partial charge in [0.1, 0.15) is 0 Å². The van der Waals surface area contributed by atoms with Gasteiger partial charge in [-0.3, -0.25) is 9.69 Å². The molecule has 30 heavy (non-hydrogen) atoms. The number of carbonyl (C=O) groups is 1. The number of morpholine rings is 1. The fourth-order valence-corrected chi connectivity index (χ4v) is 3.84. The van der Waals surface area contributed by atoms with Crippen molar-refractivity contribution < 1.29 is 9.53 Å². The monoisotopic (exact) mass is 407 g/mol. The number of nitrogens with zero attached hydrogens (tertiary/aromatic N) is 4. The molecule has 1 N–H and O–H groups in total. The molecule has 0 saturated carbocycles. The van der Waals surface area contributed by atoms with Crippen molar-refractivity contribution in [2.45, 2.75) is 25.8 Å². The van der Waals surface area contributed by atoms with Crippen molar-refractivity contribution in [2.75, 3.05) is 39.4 Å². The molecule has 0 radical (unpaired) electrons. The minimum atomic E-state index is -0.160. The average molecular weight is 408 g/mol. The van der Waals surface area contributed by atoms with E-state index in [9.17, 15) is 4.79 Å². The van der Waals surface area contributed by atoms with Crippen molar-refractivity contribution in [3.63, 3.8) is 0 Å². The third-order valence-corrected chi connectivity index (χ3v) is 5.52. The molecule has 1 aromatic heterocycles. The number of unbranched alkanes of at least 4 members (excludes halogenated alkanes) is 2. The Morgan fingerprint density at radius 1 is 1.03 bits per heavy atom. The van der Waals surface area contributed by atoms with Crippen molar-refractivity contribution in [1.29, 1.82) is 0 Å². The smallest absolute Gasteiger partial charge is 0.273 e. The molecule has 7 nitrogen and oxygen atoms in total. The normalized spacial score (nSPS) is 14.8. The summed E-state index contributed by atoms with van der Waals surface area (Å²) in [5.74, 6) is -0.160. The highest BCUT2D eigenvalue weighted by atomic mass is 16.5. The lowest BCUT2D eigenvalue weighted by Crippen LogP contribution is -2.36. The summed E-state index contributed by atoms with van der Waals surface area (Å²) >= 11 is 0. The standard InChI is InChI=1S/C23H29N5O2/c29-23(24-11-4-1-5-12-27-13-15-30-16-14-27)22-18-28(26-25-22)17-20-9-6-8-19-7-2-3-10-21(19)20/h2-3,6-10,18H,1,4-5,11-17H2,(H,24,29). The van der Waals surface area contributed by atoms with Crippen LogP contribution < -0.4 is 5.32 Å². The molecule has 158 valence electrons. The van der Waals surface area contributed by atoms with Gasteiger partial charge in [0, 0.05) is 19.6 Å². The number of ether oxygens (including phenoxy) is 1. The Bertz CT molecular complexity index is 960. The van der Waals surface area contributed by atoms with Gasteiger partial charge in [0.15, 0.2) is 5.69 Å². The van der Waals surface area contributed by atoms with Crippen LogP contribution in [0.5, 0.6) is 0 Å². The SMILES string of the molecule is O=C(NCCCCCN1CCOCC1)c1cn(Cc2cccc3ccccc23)nn1. The molecular formula is C23H29N5O2. The summed E-state index contributed by atoms with van der Waals surface area (Å²) in [5, 5.41) is 13.5. The number of aromatic nitrogens is 3. The molecule has 0 atom stereocenters. The third-order valence-electron chi connectivity index (χ3n) is 5.52. The van der Waals surface area contributed by atoms with Crippen LogP contribution in [0.2, 0.25) is 0 Å². The van der Waals surface area contributed by atoms with Gasteiger partial charge in [0.2, 0.25) is 0 Å². The maximum atomic E-state index is 12.4. The molecule has 3 aromatic rings. The molecule has 7 heteroatoms. The Balaban J connectivity index is 1.21. The minimum Gasteiger partial charge on any atom is -0.379 e. The lowest BCUT2D eigenvalue weighted by molar-refractivity contribution is 0.0371. The number of hydrogen-bond acceptors (Lipinski definition) is 5. The van der Waals surface area contributed by atoms with Crippen LogP contribution in [-0.2, 0) is 11.3 Å². The second-order valence-corrected chi connectivity index (χ2v) is 7.71. The zero-order chi connectivity index (χ0) is 20.6. The molecule has 1 aliphatic heterocycles. The summed E-state index contributed by atoms with van der Waals surface area (Å²) in [4.78, 5) is 14.8. The van der Waals surface area contributed by atoms with Gasteiger partial charge in [-0.2, -0.15) is 0 Å². The first-order valence-corrected chi connectivity index (χ1v) is 10.7. The van der Waals surface area contributed by atoms with Gasteiger partial charge in [-0.15, -0.1) is 5.10 Å². The zero-order valence-corrected chi connectivity index (χ0v) is 17.3. The van der Waals surface area contributed by atoms with Crippen LogP contribution in [0.1, 0.15) is 35.3 Å². The van der Waals surface area contributed by atoms with E-state index in [1.54, 1.807) is 10.9 Å². The van der Waals surface area contributed by atoms with Crippen molar-refractivity contribution in [1.82, 2.24) is 25.2 Å². The highest BCUT2D eigenvalue weighted by Crippen LogP contribution is 2.19. The van der Waals surface area contributed by atoms with Gasteiger partial charge in [0.25, 0.3) is 5.91 Å². The summed E-state index contributed by atoms with van der Waals surface area (Å²) in [6.45, 7) is 6.12. The maximum absolute atomic E-state index is 12.4. The van der Waals surface area contributed by atoms with E-state index in [-0.39, 0.29) is 5.91 Å². The summed E-state index contributed by atoms with van der Waals surface area (Å²) in [7, 11) is 0. The third kappa shape index (κ3) is 5.43. The molecule has 1 fully saturated rings. The topological polar surface area (TPSA) is 72.3 Å². The number of rotatable bonds is 9. The van der Waals surface area contributed by atoms with E-state index in [4.69, 9.17) is 4.74 Å². The maximum Gasteiger partial charge on any atom is 0.273 e. The zero-order valence-electron chi connectivity index (χ0n) is 17.3. The van der Waals surface area contributed by atoms with Gasteiger partial charge >= 0.3 is 0 Å². The van der Waals surface area contributed by atoms with E-state index in [1.165, 1.54) is 10.8 Å². The molecular weight excluding hydrogens is 378 g/mol. The quantitative estimate of drug-likeness (QED) is 0.552. The Labute approximate surface area is 177 Å². The molecule has 2 heterocycles. The van der Waals surface area contributed by atoms with E-state index in [0.717, 1.165) is 57.7 Å². The van der Waals surface area contributed by atoms with Crippen molar-refractivity contribution in [2.24, 2.45) is 0 Å². The Kier molecular flexibility index (Phi) is 7.05. The highest BCUT2D eigenvalue weighted by Gasteiger charge is 2.12. The minimum absolute atomic E-state index is 0.160. The van der Waals surface area contributed by atoms with Crippen molar-refractivity contribution >= 4 is 16.7 Å². The molecule has 1 aliphatic rings. The van der Waals surface area contributed by atoms with Crippen LogP contribution >= 0.6 is 0 Å². The summed E-state index contributed by atoms with van der Waals surface area (Å²) in [5.41, 5.74) is 1.52. The van der Waals surface area contributed by atoms with Gasteiger partial charge in [-0.25, -0.2) is 4.68 Å². The fraction of sp³-hybridized carbons (Fsp3) is 0.435. The van der Waals surface area contributed by atoms with Gasteiger partial charge in [-0.1, -0.05) is 54.1 Å². The predicted molar refractivity (Wildman–Crippen MR) is 117 cm³/mol. The van der Waals surface area contributed by atoms with Crippen LogP contribution in [0.25, 0.3) is 10.8 Å². The van der Waals surface area contributed by atoms with E-state index in [1.807, 2.05) is 18.2 Å². The average Bonchev–Trinajstić information content (AvgIpc) is 3.26. The van der Waals surface area contributed by atoms with Crippen LogP contribution in [0.15, 0.2) is 48.7 Å². The largest absolute Gasteiger partial charge is 0.379 e. The van der Waals surface area contributed by atoms with Crippen LogP contribution in [-0.4, -0.2) is 65.2 Å². The summed E-state index contributed by atoms with van der Waals surface area (Å²) in [6, 6.07) is 14.5. The number of fused-ring (bicyclic) bond motifs is 1. The van der Waals surface area contributed by atoms with Crippen molar-refractivity contribution in [3.05, 3.63) is 59.9 Å². The van der Waals surface area contributed by atoms with Crippen LogP contribution in [0.3, 0.4) is 0 Å². The predicted octanol–water partition coefficient (Wildman–Crippen LogP) is 2.71. The summed E-state index contributed by atoms with van der Waals surface area (Å²) < 4.78 is 7.09. The summed E-state index contributed by atoms with van der Waals surface area (Å²) in [6.07, 6.45) is 4.94. The number of hydrogen-bond donors (Lipinski definition) is 1. The first-order chi connectivity index (χ1) is 14.8. The van der Waals surface area contributed by atoms with E-state index >= 15 is 0 Å². The van der Waals surface area contributed by atoms with E-state index < -0.39 is 0 Å². The fourth-order valence-electron chi connectivity index (χ4n) is 3.84. The van der Waals surface area contributed by atoms with Crippen molar-refractivity contribution in [3.8, 4) is 0 Å². The Hall–Kier alpha value is -2.77. The molecule has 0 bridgehead atoms.